The Labute approximate surface area is 397 Å². The first-order valence-electron chi connectivity index (χ1n) is 23.7. The van der Waals surface area contributed by atoms with Crippen LogP contribution in [0.15, 0.2) is 182 Å². The molecule has 10 rings (SSSR count). The van der Waals surface area contributed by atoms with Crippen molar-refractivity contribution in [2.45, 2.75) is 90.9 Å². The molecule has 5 nitrogen and oxygen atoms in total. The molecule has 3 heterocycles. The van der Waals surface area contributed by atoms with Gasteiger partial charge in [0.1, 0.15) is 24.0 Å². The molecule has 5 heteroatoms. The molecule has 0 atom stereocenters. The highest BCUT2D eigenvalue weighted by Gasteiger charge is 2.33. The van der Waals surface area contributed by atoms with E-state index in [4.69, 9.17) is 9.72 Å². The number of ether oxygens (including phenoxy) is 1. The molecule has 0 unspecified atom stereocenters. The Morgan fingerprint density at radius 2 is 0.985 bits per heavy atom. The van der Waals surface area contributed by atoms with Crippen molar-refractivity contribution in [2.75, 3.05) is 16.5 Å². The molecule has 1 aliphatic heterocycles. The summed E-state index contributed by atoms with van der Waals surface area (Å²) in [5.74, 6) is 2.42. The van der Waals surface area contributed by atoms with Crippen LogP contribution in [0.5, 0.6) is 11.5 Å². The van der Waals surface area contributed by atoms with Crippen molar-refractivity contribution in [2.24, 2.45) is 0 Å². The number of para-hydroxylation sites is 2. The zero-order valence-corrected chi connectivity index (χ0v) is 40.7. The molecule has 0 amide bonds. The summed E-state index contributed by atoms with van der Waals surface area (Å²) in [5, 5.41) is 2.31. The van der Waals surface area contributed by atoms with Gasteiger partial charge in [-0.3, -0.25) is 4.57 Å². The highest BCUT2D eigenvalue weighted by atomic mass is 16.5. The number of rotatable bonds is 8. The van der Waals surface area contributed by atoms with Crippen molar-refractivity contribution in [3.05, 3.63) is 216 Å². The van der Waals surface area contributed by atoms with Gasteiger partial charge in [0.25, 0.3) is 0 Å². The van der Waals surface area contributed by atoms with E-state index >= 15 is 0 Å². The first-order chi connectivity index (χ1) is 32.0. The van der Waals surface area contributed by atoms with E-state index in [0.717, 1.165) is 39.4 Å². The second-order valence-electron chi connectivity index (χ2n) is 21.6. The van der Waals surface area contributed by atoms with Gasteiger partial charge in [-0.2, -0.15) is 0 Å². The minimum absolute atomic E-state index is 0.0139. The van der Waals surface area contributed by atoms with E-state index < -0.39 is 0 Å². The summed E-state index contributed by atoms with van der Waals surface area (Å²) in [6, 6.07) is 64.0. The number of benzene rings is 7. The number of fused-ring (bicyclic) bond motifs is 4. The molecular formula is C62H62N4O. The van der Waals surface area contributed by atoms with E-state index in [2.05, 4.69) is 260 Å². The number of pyridine rings is 1. The fourth-order valence-electron chi connectivity index (χ4n) is 9.81. The van der Waals surface area contributed by atoms with E-state index in [1.807, 2.05) is 6.20 Å². The Hall–Kier alpha value is -7.11. The van der Waals surface area contributed by atoms with Gasteiger partial charge in [0.2, 0.25) is 0 Å². The van der Waals surface area contributed by atoms with Crippen LogP contribution in [0.25, 0.3) is 27.6 Å². The number of hydrogen-bond acceptors (Lipinski definition) is 4. The quantitative estimate of drug-likeness (QED) is 0.142. The van der Waals surface area contributed by atoms with E-state index in [-0.39, 0.29) is 21.7 Å². The van der Waals surface area contributed by atoms with Crippen molar-refractivity contribution >= 4 is 44.6 Å². The fraction of sp³-hybridized carbons (Fsp3) is 0.242. The topological polar surface area (TPSA) is 33.5 Å². The molecule has 67 heavy (non-hydrogen) atoms. The predicted octanol–water partition coefficient (Wildman–Crippen LogP) is 16.5. The summed E-state index contributed by atoms with van der Waals surface area (Å²) in [7, 11) is 0. The molecule has 2 aromatic heterocycles. The van der Waals surface area contributed by atoms with Crippen molar-refractivity contribution < 1.29 is 4.74 Å². The van der Waals surface area contributed by atoms with E-state index in [1.54, 1.807) is 0 Å². The first-order valence-corrected chi connectivity index (χ1v) is 23.7. The highest BCUT2D eigenvalue weighted by molar-refractivity contribution is 6.10. The lowest BCUT2D eigenvalue weighted by atomic mass is 9.71. The van der Waals surface area contributed by atoms with Crippen LogP contribution in [0, 0.1) is 0 Å². The molecule has 7 aromatic carbocycles. The Kier molecular flexibility index (Phi) is 10.7. The number of hydrogen-bond donors (Lipinski definition) is 0. The van der Waals surface area contributed by atoms with Crippen LogP contribution in [-0.2, 0) is 21.7 Å². The average molecular weight is 879 g/mol. The molecule has 0 radical (unpaired) electrons. The van der Waals surface area contributed by atoms with E-state index in [9.17, 15) is 0 Å². The maximum Gasteiger partial charge on any atom is 0.137 e. The Morgan fingerprint density at radius 1 is 0.403 bits per heavy atom. The maximum absolute atomic E-state index is 6.88. The highest BCUT2D eigenvalue weighted by Crippen LogP contribution is 2.47. The van der Waals surface area contributed by atoms with Gasteiger partial charge in [-0.1, -0.05) is 153 Å². The smallest absolute Gasteiger partial charge is 0.137 e. The Bertz CT molecular complexity index is 3200. The zero-order chi connectivity index (χ0) is 46.9. The molecule has 336 valence electrons. The molecule has 0 bridgehead atoms. The molecule has 0 spiro atoms. The van der Waals surface area contributed by atoms with Crippen molar-refractivity contribution in [3.63, 3.8) is 0 Å². The standard InChI is InChI=1S/C62H62N4O/c1-59(2,3)44-32-33-63-58(38-44)66-54-31-28-45(62(10,42-20-13-11-14-21-42)43-22-15-12-16-23-43)37-53(54)52-30-29-51(40-57(52)66)67-50-25-19-24-48(39-50)64-41-65(56-27-18-17-26-55(56)64)49-35-46(60(4,5)6)34-47(36-49)61(7,8)9/h11-40H,41H2,1-10H3. The zero-order valence-electron chi connectivity index (χ0n) is 40.7. The van der Waals surface area contributed by atoms with Gasteiger partial charge in [0.05, 0.1) is 22.4 Å². The molecule has 9 aromatic rings. The summed E-state index contributed by atoms with van der Waals surface area (Å²) in [6.07, 6.45) is 1.94. The van der Waals surface area contributed by atoms with Gasteiger partial charge >= 0.3 is 0 Å². The van der Waals surface area contributed by atoms with Gasteiger partial charge < -0.3 is 14.5 Å². The summed E-state index contributed by atoms with van der Waals surface area (Å²) < 4.78 is 9.19. The average Bonchev–Trinajstić information content (AvgIpc) is 3.87. The van der Waals surface area contributed by atoms with Gasteiger partial charge in [-0.25, -0.2) is 4.98 Å². The van der Waals surface area contributed by atoms with Crippen molar-refractivity contribution in [1.29, 1.82) is 0 Å². The maximum atomic E-state index is 6.88. The second kappa shape index (κ2) is 16.3. The Morgan fingerprint density at radius 3 is 1.60 bits per heavy atom. The normalized spacial score (nSPS) is 13.4. The SMILES string of the molecule is CC(C)(C)c1cc(N2CN(c3cccc(Oc4ccc5c6cc(C(C)(c7ccccc7)c7ccccc7)ccc6n(-c6cc(C(C)(C)C)ccn6)c5c4)c3)c3ccccc32)cc(C(C)(C)C)c1. The van der Waals surface area contributed by atoms with Crippen molar-refractivity contribution in [3.8, 4) is 17.3 Å². The van der Waals surface area contributed by atoms with Crippen LogP contribution in [-0.4, -0.2) is 16.2 Å². The molecule has 0 fully saturated rings. The van der Waals surface area contributed by atoms with Gasteiger partial charge in [-0.15, -0.1) is 0 Å². The lowest BCUT2D eigenvalue weighted by Gasteiger charge is -2.32. The summed E-state index contributed by atoms with van der Waals surface area (Å²) >= 11 is 0. The molecular weight excluding hydrogens is 817 g/mol. The molecule has 1 aliphatic rings. The summed E-state index contributed by atoms with van der Waals surface area (Å²) in [6.45, 7) is 23.6. The van der Waals surface area contributed by atoms with E-state index in [0.29, 0.717) is 6.67 Å². The van der Waals surface area contributed by atoms with Crippen molar-refractivity contribution in [1.82, 2.24) is 9.55 Å². The third-order valence-electron chi connectivity index (χ3n) is 13.9. The predicted molar refractivity (Wildman–Crippen MR) is 282 cm³/mol. The van der Waals surface area contributed by atoms with Crippen LogP contribution in [0.2, 0.25) is 0 Å². The number of aromatic nitrogens is 2. The largest absolute Gasteiger partial charge is 0.457 e. The van der Waals surface area contributed by atoms with Gasteiger partial charge in [0, 0.05) is 45.9 Å². The van der Waals surface area contributed by atoms with Gasteiger partial charge in [-0.05, 0) is 129 Å². The van der Waals surface area contributed by atoms with Crippen LogP contribution in [0.1, 0.15) is 103 Å². The van der Waals surface area contributed by atoms with E-state index in [1.165, 1.54) is 55.8 Å². The monoisotopic (exact) mass is 878 g/mol. The third-order valence-corrected chi connectivity index (χ3v) is 13.9. The molecule has 0 saturated heterocycles. The Balaban J connectivity index is 1.06. The minimum atomic E-state index is -0.387. The van der Waals surface area contributed by atoms with Crippen LogP contribution in [0.4, 0.5) is 22.7 Å². The second-order valence-corrected chi connectivity index (χ2v) is 21.6. The lowest BCUT2D eigenvalue weighted by molar-refractivity contribution is 0.483. The van der Waals surface area contributed by atoms with Crippen LogP contribution in [0.3, 0.4) is 0 Å². The van der Waals surface area contributed by atoms with Crippen LogP contribution < -0.4 is 14.5 Å². The summed E-state index contributed by atoms with van der Waals surface area (Å²) in [5.41, 5.74) is 14.0. The lowest BCUT2D eigenvalue weighted by Crippen LogP contribution is -2.25. The van der Waals surface area contributed by atoms with Gasteiger partial charge in [0.15, 0.2) is 0 Å². The number of anilines is 4. The molecule has 0 N–H and O–H groups in total. The number of nitrogens with zero attached hydrogens (tertiary/aromatic N) is 4. The minimum Gasteiger partial charge on any atom is -0.457 e. The molecule has 0 aliphatic carbocycles. The van der Waals surface area contributed by atoms with Crippen LogP contribution >= 0.6 is 0 Å². The molecule has 0 saturated carbocycles. The first kappa shape index (κ1) is 43.8. The fourth-order valence-corrected chi connectivity index (χ4v) is 9.81. The summed E-state index contributed by atoms with van der Waals surface area (Å²) in [4.78, 5) is 9.88. The third kappa shape index (κ3) is 8.05.